The summed E-state index contributed by atoms with van der Waals surface area (Å²) < 4.78 is 17.3. The lowest BCUT2D eigenvalue weighted by Crippen LogP contribution is -2.37. The third-order valence-corrected chi connectivity index (χ3v) is 5.17. The van der Waals surface area contributed by atoms with E-state index in [0.29, 0.717) is 35.1 Å². The summed E-state index contributed by atoms with van der Waals surface area (Å²) >= 11 is 3.39. The Labute approximate surface area is 216 Å². The van der Waals surface area contributed by atoms with E-state index in [1.165, 1.54) is 12.5 Å². The van der Waals surface area contributed by atoms with Gasteiger partial charge in [0.15, 0.2) is 18.1 Å². The van der Waals surface area contributed by atoms with E-state index < -0.39 is 11.8 Å². The summed E-state index contributed by atoms with van der Waals surface area (Å²) in [5, 5.41) is 9.03. The molecule has 0 aliphatic heterocycles. The molecule has 0 spiro atoms. The van der Waals surface area contributed by atoms with Crippen molar-refractivity contribution in [3.8, 4) is 11.5 Å². The molecule has 188 valence electrons. The number of carbonyl (C=O) groups excluding carboxylic acids is 3. The predicted octanol–water partition coefficient (Wildman–Crippen LogP) is 3.53. The predicted molar refractivity (Wildman–Crippen MR) is 137 cm³/mol. The Bertz CT molecular complexity index is 1240. The molecule has 0 saturated heterocycles. The smallest absolute Gasteiger partial charge is 0.329 e. The van der Waals surface area contributed by atoms with Crippen molar-refractivity contribution in [3.05, 3.63) is 76.2 Å². The van der Waals surface area contributed by atoms with Crippen molar-refractivity contribution in [3.63, 3.8) is 0 Å². The van der Waals surface area contributed by atoms with Crippen molar-refractivity contribution >= 4 is 45.6 Å². The second kappa shape index (κ2) is 13.1. The second-order valence-electron chi connectivity index (χ2n) is 7.40. The molecule has 0 radical (unpaired) electrons. The van der Waals surface area contributed by atoms with Gasteiger partial charge in [0.1, 0.15) is 5.76 Å². The zero-order valence-corrected chi connectivity index (χ0v) is 21.3. The maximum absolute atomic E-state index is 12.3. The first-order valence-electron chi connectivity index (χ1n) is 10.9. The van der Waals surface area contributed by atoms with Gasteiger partial charge in [0, 0.05) is 10.2 Å². The number of halogens is 1. The van der Waals surface area contributed by atoms with Gasteiger partial charge in [0.25, 0.3) is 5.91 Å². The second-order valence-corrected chi connectivity index (χ2v) is 8.31. The summed E-state index contributed by atoms with van der Waals surface area (Å²) in [4.78, 5) is 36.1. The molecule has 3 N–H and O–H groups in total. The Balaban J connectivity index is 1.53. The van der Waals surface area contributed by atoms with Crippen LogP contribution in [0.1, 0.15) is 23.8 Å². The number of hydrogen-bond donors (Lipinski definition) is 3. The summed E-state index contributed by atoms with van der Waals surface area (Å²) in [6.45, 7) is 3.95. The standard InChI is InChI=1S/C25H25BrN4O6/c1-3-34-22-12-17(13-28-30-25(33)24(32)27-14-19-5-4-10-35-19)6-9-21(22)36-15-23(31)29-20-8-7-18(26)11-16(20)2/h4-13H,3,14-15H2,1-2H3,(H,27,32)(H,29,31)(H,30,33)/b28-13-. The number of amides is 3. The first-order chi connectivity index (χ1) is 17.4. The fourth-order valence-corrected chi connectivity index (χ4v) is 3.44. The minimum atomic E-state index is -0.921. The van der Waals surface area contributed by atoms with Crippen LogP contribution in [0.4, 0.5) is 5.69 Å². The Morgan fingerprint density at radius 3 is 2.61 bits per heavy atom. The largest absolute Gasteiger partial charge is 0.490 e. The van der Waals surface area contributed by atoms with Gasteiger partial charge in [-0.15, -0.1) is 0 Å². The molecule has 0 atom stereocenters. The van der Waals surface area contributed by atoms with Crippen LogP contribution in [-0.4, -0.2) is 37.1 Å². The van der Waals surface area contributed by atoms with Crippen LogP contribution < -0.4 is 25.5 Å². The van der Waals surface area contributed by atoms with Gasteiger partial charge in [0.05, 0.1) is 25.6 Å². The van der Waals surface area contributed by atoms with Crippen LogP contribution in [0, 0.1) is 6.92 Å². The molecule has 11 heteroatoms. The van der Waals surface area contributed by atoms with Crippen LogP contribution in [0.5, 0.6) is 11.5 Å². The van der Waals surface area contributed by atoms with Crippen LogP contribution in [0.15, 0.2) is 68.8 Å². The highest BCUT2D eigenvalue weighted by Gasteiger charge is 2.13. The first kappa shape index (κ1) is 26.5. The van der Waals surface area contributed by atoms with Crippen molar-refractivity contribution in [2.24, 2.45) is 5.10 Å². The number of ether oxygens (including phenoxy) is 2. The zero-order chi connectivity index (χ0) is 25.9. The maximum atomic E-state index is 12.3. The third-order valence-electron chi connectivity index (χ3n) is 4.68. The van der Waals surface area contributed by atoms with Gasteiger partial charge in [0.2, 0.25) is 0 Å². The number of aryl methyl sites for hydroxylation is 1. The van der Waals surface area contributed by atoms with Gasteiger partial charge in [-0.3, -0.25) is 14.4 Å². The van der Waals surface area contributed by atoms with E-state index in [4.69, 9.17) is 13.9 Å². The molecule has 0 bridgehead atoms. The van der Waals surface area contributed by atoms with Crippen molar-refractivity contribution in [1.29, 1.82) is 0 Å². The molecule has 0 unspecified atom stereocenters. The minimum absolute atomic E-state index is 0.0862. The maximum Gasteiger partial charge on any atom is 0.329 e. The van der Waals surface area contributed by atoms with Gasteiger partial charge in [-0.25, -0.2) is 5.43 Å². The van der Waals surface area contributed by atoms with E-state index >= 15 is 0 Å². The van der Waals surface area contributed by atoms with Crippen LogP contribution in [0.25, 0.3) is 0 Å². The molecule has 0 aliphatic carbocycles. The van der Waals surface area contributed by atoms with E-state index in [1.54, 1.807) is 36.4 Å². The third kappa shape index (κ3) is 7.98. The molecule has 3 rings (SSSR count). The summed E-state index contributed by atoms with van der Waals surface area (Å²) in [5.41, 5.74) is 4.35. The number of nitrogens with one attached hydrogen (secondary N) is 3. The van der Waals surface area contributed by atoms with Crippen molar-refractivity contribution in [2.45, 2.75) is 20.4 Å². The fourth-order valence-electron chi connectivity index (χ4n) is 2.97. The number of anilines is 1. The van der Waals surface area contributed by atoms with E-state index in [1.807, 2.05) is 26.0 Å². The molecule has 2 aromatic carbocycles. The lowest BCUT2D eigenvalue weighted by molar-refractivity contribution is -0.139. The van der Waals surface area contributed by atoms with Crippen molar-refractivity contribution in [2.75, 3.05) is 18.5 Å². The van der Waals surface area contributed by atoms with E-state index in [9.17, 15) is 14.4 Å². The lowest BCUT2D eigenvalue weighted by Gasteiger charge is -2.13. The van der Waals surface area contributed by atoms with Gasteiger partial charge < -0.3 is 24.5 Å². The van der Waals surface area contributed by atoms with Crippen molar-refractivity contribution < 1.29 is 28.3 Å². The lowest BCUT2D eigenvalue weighted by atomic mass is 10.2. The number of benzene rings is 2. The van der Waals surface area contributed by atoms with Gasteiger partial charge in [-0.2, -0.15) is 5.10 Å². The van der Waals surface area contributed by atoms with Crippen LogP contribution in [0.2, 0.25) is 0 Å². The zero-order valence-electron chi connectivity index (χ0n) is 19.7. The number of furan rings is 1. The van der Waals surface area contributed by atoms with Gasteiger partial charge in [-0.1, -0.05) is 15.9 Å². The minimum Gasteiger partial charge on any atom is -0.490 e. The molecule has 3 aromatic rings. The SMILES string of the molecule is CCOc1cc(/C=N\NC(=O)C(=O)NCc2ccco2)ccc1OCC(=O)Nc1ccc(Br)cc1C. The molecule has 36 heavy (non-hydrogen) atoms. The Kier molecular flexibility index (Phi) is 9.64. The Hall–Kier alpha value is -4.12. The monoisotopic (exact) mass is 556 g/mol. The number of nitrogens with zero attached hydrogens (tertiary/aromatic N) is 1. The molecule has 1 heterocycles. The average molecular weight is 557 g/mol. The molecular formula is C25H25BrN4O6. The van der Waals surface area contributed by atoms with Gasteiger partial charge in [-0.05, 0) is 73.5 Å². The topological polar surface area (TPSA) is 131 Å². The molecule has 10 nitrogen and oxygen atoms in total. The number of carbonyl (C=O) groups is 3. The van der Waals surface area contributed by atoms with Crippen LogP contribution in [-0.2, 0) is 20.9 Å². The highest BCUT2D eigenvalue weighted by molar-refractivity contribution is 9.10. The molecule has 0 saturated carbocycles. The van der Waals surface area contributed by atoms with Crippen LogP contribution >= 0.6 is 15.9 Å². The Morgan fingerprint density at radius 2 is 1.89 bits per heavy atom. The molecular weight excluding hydrogens is 532 g/mol. The number of hydrogen-bond acceptors (Lipinski definition) is 7. The highest BCUT2D eigenvalue weighted by atomic mass is 79.9. The Morgan fingerprint density at radius 1 is 1.06 bits per heavy atom. The quantitative estimate of drug-likeness (QED) is 0.199. The normalized spacial score (nSPS) is 10.6. The summed E-state index contributed by atoms with van der Waals surface area (Å²) in [7, 11) is 0. The van der Waals surface area contributed by atoms with Gasteiger partial charge >= 0.3 is 11.8 Å². The number of hydrazone groups is 1. The van der Waals surface area contributed by atoms with E-state index in [2.05, 4.69) is 37.1 Å². The van der Waals surface area contributed by atoms with E-state index in [-0.39, 0.29) is 19.1 Å². The summed E-state index contributed by atoms with van der Waals surface area (Å²) in [6.07, 6.45) is 2.82. The highest BCUT2D eigenvalue weighted by Crippen LogP contribution is 2.28. The fraction of sp³-hybridized carbons (Fsp3) is 0.200. The average Bonchev–Trinajstić information content (AvgIpc) is 3.37. The molecule has 3 amide bonds. The molecule has 0 aliphatic rings. The molecule has 1 aromatic heterocycles. The summed E-state index contributed by atoms with van der Waals surface area (Å²) in [5.74, 6) is -0.795. The van der Waals surface area contributed by atoms with E-state index in [0.717, 1.165) is 10.0 Å². The molecule has 0 fully saturated rings. The van der Waals surface area contributed by atoms with Crippen LogP contribution in [0.3, 0.4) is 0 Å². The summed E-state index contributed by atoms with van der Waals surface area (Å²) in [6, 6.07) is 13.8. The van der Waals surface area contributed by atoms with Crippen molar-refractivity contribution in [1.82, 2.24) is 10.7 Å². The first-order valence-corrected chi connectivity index (χ1v) is 11.7. The number of rotatable bonds is 10.